The molecule has 0 aliphatic carbocycles. The van der Waals surface area contributed by atoms with Crippen LogP contribution in [0.3, 0.4) is 0 Å². The molecule has 1 aromatic rings. The minimum absolute atomic E-state index is 0.169. The third kappa shape index (κ3) is 3.23. The van der Waals surface area contributed by atoms with Crippen LogP contribution in [0.1, 0.15) is 38.6 Å². The lowest BCUT2D eigenvalue weighted by molar-refractivity contribution is 0.0235. The molecule has 0 bridgehead atoms. The predicted molar refractivity (Wildman–Crippen MR) is 67.2 cm³/mol. The Morgan fingerprint density at radius 2 is 2.16 bits per heavy atom. The zero-order valence-electron chi connectivity index (χ0n) is 11.6. The summed E-state index contributed by atoms with van der Waals surface area (Å²) >= 11 is 0. The first-order chi connectivity index (χ1) is 8.90. The van der Waals surface area contributed by atoms with E-state index in [9.17, 15) is 9.90 Å². The highest BCUT2D eigenvalue weighted by atomic mass is 16.6. The number of amides is 1. The standard InChI is InChI=1S/C12H20N4O3/c1-12(2,3)19-11(18)15-5-4-6-16-10(7-15)9(8-17)13-14-16/h17H,4-8H2,1-3H3. The van der Waals surface area contributed by atoms with Crippen molar-refractivity contribution in [1.82, 2.24) is 19.9 Å². The van der Waals surface area contributed by atoms with Crippen molar-refractivity contribution in [2.75, 3.05) is 6.54 Å². The van der Waals surface area contributed by atoms with Gasteiger partial charge in [-0.15, -0.1) is 5.10 Å². The summed E-state index contributed by atoms with van der Waals surface area (Å²) in [6.45, 7) is 7.04. The fourth-order valence-electron chi connectivity index (χ4n) is 2.00. The number of aliphatic hydroxyl groups excluding tert-OH is 1. The van der Waals surface area contributed by atoms with Crippen LogP contribution in [0.5, 0.6) is 0 Å². The fraction of sp³-hybridized carbons (Fsp3) is 0.750. The van der Waals surface area contributed by atoms with E-state index >= 15 is 0 Å². The van der Waals surface area contributed by atoms with Crippen LogP contribution in [0.2, 0.25) is 0 Å². The first kappa shape index (κ1) is 13.8. The number of nitrogens with zero attached hydrogens (tertiary/aromatic N) is 4. The molecular weight excluding hydrogens is 248 g/mol. The summed E-state index contributed by atoms with van der Waals surface area (Å²) in [6.07, 6.45) is 0.451. The number of aromatic nitrogens is 3. The van der Waals surface area contributed by atoms with Gasteiger partial charge in [-0.25, -0.2) is 9.48 Å². The minimum Gasteiger partial charge on any atom is -0.444 e. The highest BCUT2D eigenvalue weighted by Gasteiger charge is 2.26. The van der Waals surface area contributed by atoms with Gasteiger partial charge >= 0.3 is 6.09 Å². The van der Waals surface area contributed by atoms with Crippen LogP contribution in [-0.2, 0) is 24.4 Å². The van der Waals surface area contributed by atoms with Crippen LogP contribution in [0.4, 0.5) is 4.79 Å². The summed E-state index contributed by atoms with van der Waals surface area (Å²) in [4.78, 5) is 13.7. The molecule has 0 fully saturated rings. The monoisotopic (exact) mass is 268 g/mol. The molecule has 1 amide bonds. The van der Waals surface area contributed by atoms with Crippen LogP contribution in [-0.4, -0.2) is 43.2 Å². The Morgan fingerprint density at radius 1 is 1.42 bits per heavy atom. The molecule has 7 heteroatoms. The number of ether oxygens (including phenoxy) is 1. The van der Waals surface area contributed by atoms with Crippen molar-refractivity contribution in [2.45, 2.75) is 52.5 Å². The lowest BCUT2D eigenvalue weighted by atomic mass is 10.2. The molecule has 0 radical (unpaired) electrons. The van der Waals surface area contributed by atoms with Gasteiger partial charge in [0.1, 0.15) is 11.3 Å². The Morgan fingerprint density at radius 3 is 2.79 bits per heavy atom. The van der Waals surface area contributed by atoms with E-state index in [0.29, 0.717) is 25.3 Å². The molecule has 0 unspecified atom stereocenters. The maximum Gasteiger partial charge on any atom is 0.410 e. The maximum absolute atomic E-state index is 12.1. The summed E-state index contributed by atoms with van der Waals surface area (Å²) in [6, 6.07) is 0. The first-order valence-corrected chi connectivity index (χ1v) is 6.41. The van der Waals surface area contributed by atoms with Crippen LogP contribution in [0.25, 0.3) is 0 Å². The molecule has 7 nitrogen and oxygen atoms in total. The molecule has 19 heavy (non-hydrogen) atoms. The van der Waals surface area contributed by atoms with Gasteiger partial charge < -0.3 is 14.7 Å². The van der Waals surface area contributed by atoms with E-state index in [1.165, 1.54) is 0 Å². The van der Waals surface area contributed by atoms with Gasteiger partial charge in [0.15, 0.2) is 0 Å². The molecule has 1 N–H and O–H groups in total. The van der Waals surface area contributed by atoms with E-state index in [1.807, 2.05) is 20.8 Å². The van der Waals surface area contributed by atoms with Crippen molar-refractivity contribution in [3.8, 4) is 0 Å². The largest absolute Gasteiger partial charge is 0.444 e. The third-order valence-corrected chi connectivity index (χ3v) is 2.86. The Hall–Kier alpha value is -1.63. The molecule has 0 spiro atoms. The van der Waals surface area contributed by atoms with Gasteiger partial charge in [-0.1, -0.05) is 5.21 Å². The summed E-state index contributed by atoms with van der Waals surface area (Å²) in [5.41, 5.74) is 0.795. The smallest absolute Gasteiger partial charge is 0.410 e. The number of fused-ring (bicyclic) bond motifs is 1. The van der Waals surface area contributed by atoms with Crippen LogP contribution >= 0.6 is 0 Å². The Labute approximate surface area is 112 Å². The highest BCUT2D eigenvalue weighted by molar-refractivity contribution is 5.68. The Bertz CT molecular complexity index is 464. The fourth-order valence-corrected chi connectivity index (χ4v) is 2.00. The van der Waals surface area contributed by atoms with E-state index in [1.54, 1.807) is 9.58 Å². The zero-order chi connectivity index (χ0) is 14.0. The van der Waals surface area contributed by atoms with E-state index < -0.39 is 5.60 Å². The molecular formula is C12H20N4O3. The number of aryl methyl sites for hydroxylation is 1. The second-order valence-corrected chi connectivity index (χ2v) is 5.62. The number of rotatable bonds is 1. The van der Waals surface area contributed by atoms with Crippen molar-refractivity contribution >= 4 is 6.09 Å². The van der Waals surface area contributed by atoms with Crippen LogP contribution in [0.15, 0.2) is 0 Å². The molecule has 0 atom stereocenters. The molecule has 0 saturated carbocycles. The Kier molecular flexibility index (Phi) is 3.75. The van der Waals surface area contributed by atoms with E-state index in [0.717, 1.165) is 12.1 Å². The summed E-state index contributed by atoms with van der Waals surface area (Å²) in [7, 11) is 0. The molecule has 1 aliphatic heterocycles. The number of carbonyl (C=O) groups excluding carboxylic acids is 1. The zero-order valence-corrected chi connectivity index (χ0v) is 11.6. The van der Waals surface area contributed by atoms with Gasteiger partial charge in [0.2, 0.25) is 0 Å². The van der Waals surface area contributed by atoms with E-state index in [-0.39, 0.29) is 12.7 Å². The first-order valence-electron chi connectivity index (χ1n) is 6.41. The SMILES string of the molecule is CC(C)(C)OC(=O)N1CCCn2nnc(CO)c2C1. The lowest BCUT2D eigenvalue weighted by Gasteiger charge is -2.26. The van der Waals surface area contributed by atoms with Crippen LogP contribution < -0.4 is 0 Å². The molecule has 0 aromatic carbocycles. The van der Waals surface area contributed by atoms with Gasteiger partial charge in [0.05, 0.1) is 18.8 Å². The Balaban J connectivity index is 2.14. The molecule has 1 aromatic heterocycles. The van der Waals surface area contributed by atoms with Crippen LogP contribution in [0, 0.1) is 0 Å². The summed E-state index contributed by atoms with van der Waals surface area (Å²) < 4.78 is 7.12. The third-order valence-electron chi connectivity index (χ3n) is 2.86. The number of carbonyl (C=O) groups is 1. The van der Waals surface area contributed by atoms with Crippen molar-refractivity contribution in [3.05, 3.63) is 11.4 Å². The number of hydrogen-bond donors (Lipinski definition) is 1. The molecule has 0 saturated heterocycles. The summed E-state index contributed by atoms with van der Waals surface area (Å²) in [5.74, 6) is 0. The molecule has 1 aliphatic rings. The average Bonchev–Trinajstić information content (AvgIpc) is 2.55. The van der Waals surface area contributed by atoms with Crippen molar-refractivity contribution in [1.29, 1.82) is 0 Å². The van der Waals surface area contributed by atoms with Gasteiger partial charge in [-0.05, 0) is 27.2 Å². The lowest BCUT2D eigenvalue weighted by Crippen LogP contribution is -2.36. The number of hydrogen-bond acceptors (Lipinski definition) is 5. The van der Waals surface area contributed by atoms with Gasteiger partial charge in [-0.3, -0.25) is 0 Å². The van der Waals surface area contributed by atoms with Crippen molar-refractivity contribution in [3.63, 3.8) is 0 Å². The topological polar surface area (TPSA) is 80.5 Å². The van der Waals surface area contributed by atoms with Gasteiger partial charge in [0, 0.05) is 13.1 Å². The molecule has 106 valence electrons. The highest BCUT2D eigenvalue weighted by Crippen LogP contribution is 2.17. The molecule has 2 rings (SSSR count). The normalized spacial score (nSPS) is 15.9. The maximum atomic E-state index is 12.1. The number of aliphatic hydroxyl groups is 1. The van der Waals surface area contributed by atoms with Gasteiger partial charge in [0.25, 0.3) is 0 Å². The minimum atomic E-state index is -0.512. The summed E-state index contributed by atoms with van der Waals surface area (Å²) in [5, 5.41) is 17.1. The van der Waals surface area contributed by atoms with Gasteiger partial charge in [-0.2, -0.15) is 0 Å². The van der Waals surface area contributed by atoms with Crippen molar-refractivity contribution < 1.29 is 14.6 Å². The quantitative estimate of drug-likeness (QED) is 0.819. The van der Waals surface area contributed by atoms with Crippen molar-refractivity contribution in [2.24, 2.45) is 0 Å². The molecule has 2 heterocycles. The average molecular weight is 268 g/mol. The second-order valence-electron chi connectivity index (χ2n) is 5.62. The predicted octanol–water partition coefficient (Wildman–Crippen LogP) is 0.911. The van der Waals surface area contributed by atoms with E-state index in [2.05, 4.69) is 10.3 Å². The second kappa shape index (κ2) is 5.16. The van der Waals surface area contributed by atoms with E-state index in [4.69, 9.17) is 4.74 Å².